The molecule has 0 saturated heterocycles. The Hall–Kier alpha value is -1.94. The zero-order chi connectivity index (χ0) is 14.4. The Morgan fingerprint density at radius 1 is 1.20 bits per heavy atom. The molecular weight excluding hydrogens is 272 g/mol. The summed E-state index contributed by atoms with van der Waals surface area (Å²) in [6, 6.07) is 9.87. The Morgan fingerprint density at radius 3 is 2.60 bits per heavy atom. The van der Waals surface area contributed by atoms with Gasteiger partial charge in [-0.2, -0.15) is 0 Å². The van der Waals surface area contributed by atoms with Crippen LogP contribution in [-0.2, 0) is 20.1 Å². The van der Waals surface area contributed by atoms with Gasteiger partial charge in [0.15, 0.2) is 5.96 Å². The summed E-state index contributed by atoms with van der Waals surface area (Å²) >= 11 is 6.12. The van der Waals surface area contributed by atoms with Crippen LogP contribution in [0.4, 0.5) is 0 Å². The average molecular weight is 291 g/mol. The van der Waals surface area contributed by atoms with Crippen LogP contribution >= 0.6 is 11.6 Å². The van der Waals surface area contributed by atoms with Gasteiger partial charge in [0.25, 0.3) is 0 Å². The molecule has 20 heavy (non-hydrogen) atoms. The van der Waals surface area contributed by atoms with Crippen molar-refractivity contribution in [2.75, 3.05) is 7.05 Å². The van der Waals surface area contributed by atoms with Gasteiger partial charge in [0.1, 0.15) is 0 Å². The Morgan fingerprint density at radius 2 is 1.95 bits per heavy atom. The van der Waals surface area contributed by atoms with E-state index in [1.807, 2.05) is 42.1 Å². The Kier molecular flexibility index (Phi) is 5.07. The molecule has 4 nitrogen and oxygen atoms in total. The number of halogens is 1. The molecule has 0 bridgehead atoms. The van der Waals surface area contributed by atoms with Crippen molar-refractivity contribution in [2.45, 2.75) is 13.1 Å². The summed E-state index contributed by atoms with van der Waals surface area (Å²) in [5, 5.41) is 7.28. The van der Waals surface area contributed by atoms with E-state index < -0.39 is 0 Å². The first-order valence-corrected chi connectivity index (χ1v) is 6.85. The number of nitrogens with one attached hydrogen (secondary N) is 2. The number of hydrogen-bond donors (Lipinski definition) is 2. The van der Waals surface area contributed by atoms with Crippen LogP contribution in [0.3, 0.4) is 0 Å². The minimum absolute atomic E-state index is 0.647. The summed E-state index contributed by atoms with van der Waals surface area (Å²) in [6.45, 7) is 1.39. The van der Waals surface area contributed by atoms with Gasteiger partial charge in [-0.1, -0.05) is 29.8 Å². The summed E-state index contributed by atoms with van der Waals surface area (Å²) in [5.41, 5.74) is 2.27. The molecule has 0 spiro atoms. The minimum Gasteiger partial charge on any atom is -0.357 e. The van der Waals surface area contributed by atoms with Gasteiger partial charge in [-0.25, -0.2) is 0 Å². The van der Waals surface area contributed by atoms with Crippen molar-refractivity contribution in [2.24, 2.45) is 12.0 Å². The minimum atomic E-state index is 0.647. The van der Waals surface area contributed by atoms with E-state index in [0.29, 0.717) is 6.54 Å². The van der Waals surface area contributed by atoms with Gasteiger partial charge in [0.05, 0.1) is 0 Å². The van der Waals surface area contributed by atoms with Gasteiger partial charge in [-0.15, -0.1) is 0 Å². The average Bonchev–Trinajstić information content (AvgIpc) is 2.86. The predicted octanol–water partition coefficient (Wildman–Crippen LogP) is 2.54. The molecule has 2 rings (SSSR count). The molecule has 1 aromatic heterocycles. The van der Waals surface area contributed by atoms with E-state index >= 15 is 0 Å². The number of hydrogen-bond acceptors (Lipinski definition) is 1. The first-order chi connectivity index (χ1) is 9.69. The van der Waals surface area contributed by atoms with E-state index in [-0.39, 0.29) is 0 Å². The maximum atomic E-state index is 6.12. The van der Waals surface area contributed by atoms with Crippen molar-refractivity contribution in [1.82, 2.24) is 15.2 Å². The van der Waals surface area contributed by atoms with Crippen LogP contribution in [-0.4, -0.2) is 17.6 Å². The van der Waals surface area contributed by atoms with E-state index in [0.717, 1.165) is 23.1 Å². The molecule has 0 unspecified atom stereocenters. The first kappa shape index (κ1) is 14.5. The lowest BCUT2D eigenvalue weighted by Gasteiger charge is -2.12. The fourth-order valence-electron chi connectivity index (χ4n) is 1.89. The van der Waals surface area contributed by atoms with E-state index in [1.54, 1.807) is 7.05 Å². The maximum Gasteiger partial charge on any atom is 0.191 e. The van der Waals surface area contributed by atoms with Gasteiger partial charge in [0.2, 0.25) is 0 Å². The molecule has 0 aliphatic heterocycles. The highest BCUT2D eigenvalue weighted by Crippen LogP contribution is 2.14. The lowest BCUT2D eigenvalue weighted by molar-refractivity contribution is 0.806. The van der Waals surface area contributed by atoms with Crippen molar-refractivity contribution in [3.05, 3.63) is 58.9 Å². The van der Waals surface area contributed by atoms with Crippen LogP contribution in [0.1, 0.15) is 11.1 Å². The normalized spacial score (nSPS) is 11.4. The third-order valence-corrected chi connectivity index (χ3v) is 3.35. The fourth-order valence-corrected chi connectivity index (χ4v) is 2.10. The third-order valence-electron chi connectivity index (χ3n) is 2.98. The second kappa shape index (κ2) is 7.01. The fraction of sp³-hybridized carbons (Fsp3) is 0.267. The number of aliphatic imine (C=N–C) groups is 1. The van der Waals surface area contributed by atoms with Gasteiger partial charge < -0.3 is 15.2 Å². The summed E-state index contributed by atoms with van der Waals surface area (Å²) in [5.74, 6) is 0.758. The molecule has 0 fully saturated rings. The largest absolute Gasteiger partial charge is 0.357 e. The monoisotopic (exact) mass is 290 g/mol. The number of guanidine groups is 1. The SMILES string of the molecule is CN=C(NCc1ccn(C)c1)NCc1ccccc1Cl. The van der Waals surface area contributed by atoms with Crippen LogP contribution in [0, 0.1) is 0 Å². The quantitative estimate of drug-likeness (QED) is 0.671. The van der Waals surface area contributed by atoms with Crippen LogP contribution in [0.25, 0.3) is 0 Å². The molecule has 106 valence electrons. The smallest absolute Gasteiger partial charge is 0.191 e. The Balaban J connectivity index is 1.85. The molecule has 2 N–H and O–H groups in total. The van der Waals surface area contributed by atoms with Gasteiger partial charge in [-0.05, 0) is 23.3 Å². The van der Waals surface area contributed by atoms with Crippen LogP contribution < -0.4 is 10.6 Å². The van der Waals surface area contributed by atoms with Crippen molar-refractivity contribution in [1.29, 1.82) is 0 Å². The van der Waals surface area contributed by atoms with E-state index in [1.165, 1.54) is 5.56 Å². The number of benzene rings is 1. The molecule has 2 aromatic rings. The Labute approximate surface area is 124 Å². The van der Waals surface area contributed by atoms with Crippen molar-refractivity contribution >= 4 is 17.6 Å². The molecule has 1 heterocycles. The van der Waals surface area contributed by atoms with Crippen molar-refractivity contribution in [3.63, 3.8) is 0 Å². The third kappa shape index (κ3) is 4.03. The molecule has 0 radical (unpaired) electrons. The summed E-state index contributed by atoms with van der Waals surface area (Å²) in [6.07, 6.45) is 4.10. The van der Waals surface area contributed by atoms with Gasteiger partial charge >= 0.3 is 0 Å². The molecule has 0 aliphatic carbocycles. The zero-order valence-electron chi connectivity index (χ0n) is 11.7. The highest BCUT2D eigenvalue weighted by atomic mass is 35.5. The van der Waals surface area contributed by atoms with Crippen LogP contribution in [0.15, 0.2) is 47.7 Å². The first-order valence-electron chi connectivity index (χ1n) is 6.48. The zero-order valence-corrected chi connectivity index (χ0v) is 12.5. The summed E-state index contributed by atoms with van der Waals surface area (Å²) in [4.78, 5) is 4.20. The van der Waals surface area contributed by atoms with Crippen molar-refractivity contribution in [3.8, 4) is 0 Å². The molecule has 1 aromatic carbocycles. The van der Waals surface area contributed by atoms with E-state index in [9.17, 15) is 0 Å². The van der Waals surface area contributed by atoms with Crippen LogP contribution in [0.2, 0.25) is 5.02 Å². The molecule has 0 amide bonds. The number of rotatable bonds is 4. The molecule has 0 aliphatic rings. The second-order valence-corrected chi connectivity index (χ2v) is 4.96. The van der Waals surface area contributed by atoms with Crippen molar-refractivity contribution < 1.29 is 0 Å². The molecule has 0 saturated carbocycles. The topological polar surface area (TPSA) is 41.4 Å². The van der Waals surface area contributed by atoms with Gasteiger partial charge in [-0.3, -0.25) is 4.99 Å². The molecular formula is C15H19ClN4. The standard InChI is InChI=1S/C15H19ClN4/c1-17-15(18-9-12-7-8-20(2)11-12)19-10-13-5-3-4-6-14(13)16/h3-8,11H,9-10H2,1-2H3,(H2,17,18,19). The highest BCUT2D eigenvalue weighted by molar-refractivity contribution is 6.31. The lowest BCUT2D eigenvalue weighted by atomic mass is 10.2. The molecule has 0 atom stereocenters. The maximum absolute atomic E-state index is 6.12. The van der Waals surface area contributed by atoms with Gasteiger partial charge in [0, 0.05) is 44.6 Å². The highest BCUT2D eigenvalue weighted by Gasteiger charge is 2.02. The summed E-state index contributed by atoms with van der Waals surface area (Å²) in [7, 11) is 3.76. The summed E-state index contributed by atoms with van der Waals surface area (Å²) < 4.78 is 2.02. The lowest BCUT2D eigenvalue weighted by Crippen LogP contribution is -2.36. The van der Waals surface area contributed by atoms with E-state index in [2.05, 4.69) is 27.9 Å². The number of aromatic nitrogens is 1. The Bertz CT molecular complexity index is 589. The molecule has 5 heteroatoms. The second-order valence-electron chi connectivity index (χ2n) is 4.56. The van der Waals surface area contributed by atoms with Crippen LogP contribution in [0.5, 0.6) is 0 Å². The number of aryl methyl sites for hydroxylation is 1. The number of nitrogens with zero attached hydrogens (tertiary/aromatic N) is 2. The van der Waals surface area contributed by atoms with E-state index in [4.69, 9.17) is 11.6 Å². The predicted molar refractivity (Wildman–Crippen MR) is 83.9 cm³/mol.